The van der Waals surface area contributed by atoms with Crippen molar-refractivity contribution >= 4 is 11.7 Å². The van der Waals surface area contributed by atoms with Crippen molar-refractivity contribution in [3.8, 4) is 5.69 Å². The standard InChI is InChI=1S/C17H21N3O2/c1-22-12-6-11-16(21)18-17-14-9-5-10-15(14)19-20(17)13-7-3-2-4-8-13/h2-4,7-8H,5-6,9-12H2,1H3,(H,18,21). The van der Waals surface area contributed by atoms with Crippen molar-refractivity contribution in [3.63, 3.8) is 0 Å². The number of amides is 1. The summed E-state index contributed by atoms with van der Waals surface area (Å²) in [6.07, 6.45) is 4.27. The first kappa shape index (κ1) is 14.8. The molecule has 0 spiro atoms. The maximum Gasteiger partial charge on any atom is 0.225 e. The number of anilines is 1. The first-order valence-electron chi connectivity index (χ1n) is 7.74. The number of ether oxygens (including phenoxy) is 1. The number of rotatable bonds is 6. The van der Waals surface area contributed by atoms with Crippen LogP contribution in [-0.2, 0) is 22.4 Å². The lowest BCUT2D eigenvalue weighted by atomic mass is 10.2. The molecule has 1 aromatic heterocycles. The van der Waals surface area contributed by atoms with E-state index in [1.54, 1.807) is 7.11 Å². The summed E-state index contributed by atoms with van der Waals surface area (Å²) < 4.78 is 6.86. The van der Waals surface area contributed by atoms with Gasteiger partial charge in [-0.25, -0.2) is 4.68 Å². The van der Waals surface area contributed by atoms with Crippen LogP contribution in [0.1, 0.15) is 30.5 Å². The number of fused-ring (bicyclic) bond motifs is 1. The molecule has 1 aliphatic carbocycles. The lowest BCUT2D eigenvalue weighted by Gasteiger charge is -2.11. The van der Waals surface area contributed by atoms with Gasteiger partial charge in [-0.05, 0) is 37.8 Å². The van der Waals surface area contributed by atoms with Crippen LogP contribution in [0.3, 0.4) is 0 Å². The molecule has 116 valence electrons. The van der Waals surface area contributed by atoms with Crippen LogP contribution in [0.15, 0.2) is 30.3 Å². The second kappa shape index (κ2) is 6.75. The van der Waals surface area contributed by atoms with E-state index in [9.17, 15) is 4.79 Å². The fourth-order valence-corrected chi connectivity index (χ4v) is 2.85. The van der Waals surface area contributed by atoms with Crippen LogP contribution in [0.4, 0.5) is 5.82 Å². The Labute approximate surface area is 130 Å². The van der Waals surface area contributed by atoms with E-state index in [4.69, 9.17) is 4.74 Å². The summed E-state index contributed by atoms with van der Waals surface area (Å²) in [4.78, 5) is 12.2. The van der Waals surface area contributed by atoms with Gasteiger partial charge < -0.3 is 10.1 Å². The Hall–Kier alpha value is -2.14. The van der Waals surface area contributed by atoms with Crippen molar-refractivity contribution in [2.24, 2.45) is 0 Å². The highest BCUT2D eigenvalue weighted by Crippen LogP contribution is 2.30. The number of carbonyl (C=O) groups excluding carboxylic acids is 1. The Kier molecular flexibility index (Phi) is 4.53. The minimum atomic E-state index is 0.0174. The van der Waals surface area contributed by atoms with Gasteiger partial charge in [0.1, 0.15) is 5.82 Å². The molecule has 0 radical (unpaired) electrons. The number of nitrogens with zero attached hydrogens (tertiary/aromatic N) is 2. The highest BCUT2D eigenvalue weighted by molar-refractivity contribution is 5.91. The van der Waals surface area contributed by atoms with Crippen LogP contribution < -0.4 is 5.32 Å². The molecular formula is C17H21N3O2. The Balaban J connectivity index is 1.84. The Morgan fingerprint density at radius 3 is 2.91 bits per heavy atom. The molecule has 0 saturated heterocycles. The van der Waals surface area contributed by atoms with Gasteiger partial charge in [-0.2, -0.15) is 5.10 Å². The third-order valence-corrected chi connectivity index (χ3v) is 3.92. The van der Waals surface area contributed by atoms with Gasteiger partial charge in [0.25, 0.3) is 0 Å². The van der Waals surface area contributed by atoms with E-state index < -0.39 is 0 Å². The van der Waals surface area contributed by atoms with E-state index in [0.29, 0.717) is 13.0 Å². The highest BCUT2D eigenvalue weighted by Gasteiger charge is 2.23. The van der Waals surface area contributed by atoms with Crippen LogP contribution in [0.2, 0.25) is 0 Å². The van der Waals surface area contributed by atoms with Gasteiger partial charge >= 0.3 is 0 Å². The highest BCUT2D eigenvalue weighted by atomic mass is 16.5. The fourth-order valence-electron chi connectivity index (χ4n) is 2.85. The molecule has 0 saturated carbocycles. The first-order chi connectivity index (χ1) is 10.8. The molecule has 5 heteroatoms. The zero-order valence-electron chi connectivity index (χ0n) is 12.8. The van der Waals surface area contributed by atoms with Crippen molar-refractivity contribution < 1.29 is 9.53 Å². The molecule has 0 atom stereocenters. The number of carbonyl (C=O) groups is 1. The minimum Gasteiger partial charge on any atom is -0.385 e. The molecule has 1 amide bonds. The molecule has 2 aromatic rings. The maximum absolute atomic E-state index is 12.2. The monoisotopic (exact) mass is 299 g/mol. The molecule has 0 unspecified atom stereocenters. The number of aryl methyl sites for hydroxylation is 1. The lowest BCUT2D eigenvalue weighted by molar-refractivity contribution is -0.116. The topological polar surface area (TPSA) is 56.1 Å². The molecule has 1 heterocycles. The summed E-state index contributed by atoms with van der Waals surface area (Å²) in [6.45, 7) is 0.601. The molecule has 22 heavy (non-hydrogen) atoms. The minimum absolute atomic E-state index is 0.0174. The normalized spacial score (nSPS) is 13.1. The van der Waals surface area contributed by atoms with Gasteiger partial charge in [-0.1, -0.05) is 18.2 Å². The molecule has 0 bridgehead atoms. The van der Waals surface area contributed by atoms with Crippen molar-refractivity contribution in [1.29, 1.82) is 0 Å². The second-order valence-corrected chi connectivity index (χ2v) is 5.52. The summed E-state index contributed by atoms with van der Waals surface area (Å²) in [5.41, 5.74) is 3.27. The van der Waals surface area contributed by atoms with Crippen LogP contribution in [0.25, 0.3) is 5.69 Å². The van der Waals surface area contributed by atoms with Crippen molar-refractivity contribution in [2.45, 2.75) is 32.1 Å². The Morgan fingerprint density at radius 2 is 2.14 bits per heavy atom. The van der Waals surface area contributed by atoms with Gasteiger partial charge in [0.05, 0.1) is 11.4 Å². The van der Waals surface area contributed by atoms with Crippen molar-refractivity contribution in [2.75, 3.05) is 19.0 Å². The molecule has 1 aliphatic rings. The first-order valence-corrected chi connectivity index (χ1v) is 7.74. The van der Waals surface area contributed by atoms with Crippen LogP contribution in [0, 0.1) is 0 Å². The van der Waals surface area contributed by atoms with E-state index in [1.165, 1.54) is 5.56 Å². The molecular weight excluding hydrogens is 278 g/mol. The summed E-state index contributed by atoms with van der Waals surface area (Å²) in [7, 11) is 1.65. The molecule has 5 nitrogen and oxygen atoms in total. The predicted octanol–water partition coefficient (Wildman–Crippen LogP) is 2.73. The van der Waals surface area contributed by atoms with E-state index >= 15 is 0 Å². The number of aromatic nitrogens is 2. The number of hydrogen-bond acceptors (Lipinski definition) is 3. The second-order valence-electron chi connectivity index (χ2n) is 5.52. The molecule has 3 rings (SSSR count). The summed E-state index contributed by atoms with van der Waals surface area (Å²) in [6, 6.07) is 9.94. The predicted molar refractivity (Wildman–Crippen MR) is 85.3 cm³/mol. The molecule has 1 N–H and O–H groups in total. The lowest BCUT2D eigenvalue weighted by Crippen LogP contribution is -2.16. The summed E-state index contributed by atoms with van der Waals surface area (Å²) >= 11 is 0. The largest absolute Gasteiger partial charge is 0.385 e. The maximum atomic E-state index is 12.2. The summed E-state index contributed by atoms with van der Waals surface area (Å²) in [5, 5.41) is 7.74. The molecule has 0 fully saturated rings. The van der Waals surface area contributed by atoms with E-state index in [-0.39, 0.29) is 5.91 Å². The third-order valence-electron chi connectivity index (χ3n) is 3.92. The SMILES string of the molecule is COCCCC(=O)Nc1c2c(nn1-c1ccccc1)CCC2. The Bertz CT molecular complexity index is 649. The number of methoxy groups -OCH3 is 1. The van der Waals surface area contributed by atoms with E-state index in [1.807, 2.05) is 35.0 Å². The Morgan fingerprint density at radius 1 is 1.32 bits per heavy atom. The summed E-state index contributed by atoms with van der Waals surface area (Å²) in [5.74, 6) is 0.852. The van der Waals surface area contributed by atoms with E-state index in [2.05, 4.69) is 10.4 Å². The van der Waals surface area contributed by atoms with E-state index in [0.717, 1.165) is 42.9 Å². The van der Waals surface area contributed by atoms with Crippen LogP contribution in [-0.4, -0.2) is 29.4 Å². The van der Waals surface area contributed by atoms with Crippen molar-refractivity contribution in [3.05, 3.63) is 41.6 Å². The molecule has 0 aliphatic heterocycles. The van der Waals surface area contributed by atoms with Crippen molar-refractivity contribution in [1.82, 2.24) is 9.78 Å². The molecule has 1 aromatic carbocycles. The van der Waals surface area contributed by atoms with Gasteiger partial charge in [0.2, 0.25) is 5.91 Å². The van der Waals surface area contributed by atoms with Crippen LogP contribution >= 0.6 is 0 Å². The van der Waals surface area contributed by atoms with Crippen LogP contribution in [0.5, 0.6) is 0 Å². The average Bonchev–Trinajstić information content (AvgIpc) is 3.11. The number of para-hydroxylation sites is 1. The van der Waals surface area contributed by atoms with Gasteiger partial charge in [0, 0.05) is 25.7 Å². The number of hydrogen-bond donors (Lipinski definition) is 1. The van der Waals surface area contributed by atoms with Gasteiger partial charge in [0.15, 0.2) is 0 Å². The smallest absolute Gasteiger partial charge is 0.225 e. The zero-order chi connectivity index (χ0) is 15.4. The van der Waals surface area contributed by atoms with Gasteiger partial charge in [-0.3, -0.25) is 4.79 Å². The number of benzene rings is 1. The fraction of sp³-hybridized carbons (Fsp3) is 0.412. The average molecular weight is 299 g/mol. The number of nitrogens with one attached hydrogen (secondary N) is 1. The van der Waals surface area contributed by atoms with Gasteiger partial charge in [-0.15, -0.1) is 0 Å². The zero-order valence-corrected chi connectivity index (χ0v) is 12.8. The third kappa shape index (κ3) is 3.04. The quantitative estimate of drug-likeness (QED) is 0.834.